The molecule has 0 aromatic heterocycles. The lowest BCUT2D eigenvalue weighted by molar-refractivity contribution is -0.163. The van der Waals surface area contributed by atoms with Gasteiger partial charge in [-0.15, -0.1) is 0 Å². The first kappa shape index (κ1) is 10.4. The van der Waals surface area contributed by atoms with Crippen molar-refractivity contribution in [1.29, 1.82) is 0 Å². The Bertz CT molecular complexity index is 310. The fraction of sp³-hybridized carbons (Fsp3) is 0.583. The highest BCUT2D eigenvalue weighted by atomic mass is 16.4. The van der Waals surface area contributed by atoms with Crippen LogP contribution in [0.5, 0.6) is 0 Å². The summed E-state index contributed by atoms with van der Waals surface area (Å²) >= 11 is 0. The fourth-order valence-corrected chi connectivity index (χ4v) is 2.86. The minimum absolute atomic E-state index is 0.0476. The predicted molar refractivity (Wildman–Crippen MR) is 56.3 cm³/mol. The van der Waals surface area contributed by atoms with Crippen molar-refractivity contribution >= 4 is 5.97 Å². The van der Waals surface area contributed by atoms with Gasteiger partial charge in [0.05, 0.1) is 12.0 Å². The SMILES string of the molecule is O=C(O)C12CC=CCC1(CO)CC=CC2. The fourth-order valence-electron chi connectivity index (χ4n) is 2.86. The molecule has 0 aromatic carbocycles. The third-order valence-corrected chi connectivity index (χ3v) is 4.01. The number of allylic oxidation sites excluding steroid dienone is 4. The van der Waals surface area contributed by atoms with Crippen LogP contribution in [0.1, 0.15) is 25.7 Å². The zero-order chi connectivity index (χ0) is 10.9. The van der Waals surface area contributed by atoms with Gasteiger partial charge in [-0.2, -0.15) is 0 Å². The van der Waals surface area contributed by atoms with Gasteiger partial charge < -0.3 is 10.2 Å². The zero-order valence-corrected chi connectivity index (χ0v) is 8.65. The molecule has 0 unspecified atom stereocenters. The Labute approximate surface area is 89.1 Å². The summed E-state index contributed by atoms with van der Waals surface area (Å²) in [6.45, 7) is -0.0476. The number of carboxylic acid groups (broad SMARTS) is 1. The van der Waals surface area contributed by atoms with Crippen LogP contribution in [0.25, 0.3) is 0 Å². The summed E-state index contributed by atoms with van der Waals surface area (Å²) in [5, 5.41) is 19.0. The van der Waals surface area contributed by atoms with Gasteiger partial charge >= 0.3 is 5.97 Å². The quantitative estimate of drug-likeness (QED) is 0.679. The van der Waals surface area contributed by atoms with Crippen molar-refractivity contribution in [2.45, 2.75) is 25.7 Å². The number of hydrogen-bond acceptors (Lipinski definition) is 2. The van der Waals surface area contributed by atoms with Crippen LogP contribution in [0.3, 0.4) is 0 Å². The maximum atomic E-state index is 11.5. The van der Waals surface area contributed by atoms with E-state index in [0.717, 1.165) is 0 Å². The van der Waals surface area contributed by atoms with E-state index in [1.807, 2.05) is 24.3 Å². The van der Waals surface area contributed by atoms with Gasteiger partial charge in [-0.05, 0) is 25.7 Å². The average molecular weight is 208 g/mol. The van der Waals surface area contributed by atoms with Crippen molar-refractivity contribution in [3.8, 4) is 0 Å². The van der Waals surface area contributed by atoms with Crippen molar-refractivity contribution < 1.29 is 15.0 Å². The molecule has 0 fully saturated rings. The molecule has 0 bridgehead atoms. The van der Waals surface area contributed by atoms with Crippen molar-refractivity contribution in [2.24, 2.45) is 10.8 Å². The molecule has 3 nitrogen and oxygen atoms in total. The van der Waals surface area contributed by atoms with E-state index in [1.54, 1.807) is 0 Å². The molecule has 2 N–H and O–H groups in total. The van der Waals surface area contributed by atoms with E-state index in [9.17, 15) is 15.0 Å². The van der Waals surface area contributed by atoms with Gasteiger partial charge in [-0.25, -0.2) is 0 Å². The van der Waals surface area contributed by atoms with Crippen LogP contribution >= 0.6 is 0 Å². The second kappa shape index (κ2) is 3.49. The third-order valence-electron chi connectivity index (χ3n) is 4.01. The van der Waals surface area contributed by atoms with Crippen LogP contribution in [0.15, 0.2) is 24.3 Å². The van der Waals surface area contributed by atoms with Crippen LogP contribution in [-0.4, -0.2) is 22.8 Å². The van der Waals surface area contributed by atoms with Crippen molar-refractivity contribution in [3.63, 3.8) is 0 Å². The van der Waals surface area contributed by atoms with Crippen LogP contribution in [0.4, 0.5) is 0 Å². The summed E-state index contributed by atoms with van der Waals surface area (Å²) in [6.07, 6.45) is 10.3. The largest absolute Gasteiger partial charge is 0.481 e. The molecule has 0 saturated heterocycles. The number of carboxylic acids is 1. The molecule has 2 aliphatic rings. The molecule has 0 aromatic rings. The number of aliphatic hydroxyl groups is 1. The summed E-state index contributed by atoms with van der Waals surface area (Å²) in [5.41, 5.74) is -1.27. The van der Waals surface area contributed by atoms with Gasteiger partial charge in [-0.1, -0.05) is 24.3 Å². The van der Waals surface area contributed by atoms with E-state index < -0.39 is 16.8 Å². The Morgan fingerprint density at radius 3 is 1.87 bits per heavy atom. The topological polar surface area (TPSA) is 57.5 Å². The lowest BCUT2D eigenvalue weighted by atomic mass is 9.53. The third kappa shape index (κ3) is 1.26. The van der Waals surface area contributed by atoms with E-state index in [0.29, 0.717) is 25.7 Å². The number of rotatable bonds is 2. The first-order valence-electron chi connectivity index (χ1n) is 5.31. The Hall–Kier alpha value is -1.09. The monoisotopic (exact) mass is 208 g/mol. The molecule has 3 heteroatoms. The van der Waals surface area contributed by atoms with Gasteiger partial charge in [0, 0.05) is 5.41 Å². The maximum Gasteiger partial charge on any atom is 0.310 e. The number of hydrogen-bond donors (Lipinski definition) is 2. The normalized spacial score (nSPS) is 38.7. The molecule has 2 rings (SSSR count). The van der Waals surface area contributed by atoms with Gasteiger partial charge in [0.25, 0.3) is 0 Å². The number of aliphatic hydroxyl groups excluding tert-OH is 1. The molecule has 0 amide bonds. The van der Waals surface area contributed by atoms with E-state index in [1.165, 1.54) is 0 Å². The van der Waals surface area contributed by atoms with Crippen LogP contribution in [0, 0.1) is 10.8 Å². The molecule has 15 heavy (non-hydrogen) atoms. The number of aliphatic carboxylic acids is 1. The van der Waals surface area contributed by atoms with Crippen molar-refractivity contribution in [2.75, 3.05) is 6.61 Å². The van der Waals surface area contributed by atoms with Gasteiger partial charge in [0.15, 0.2) is 0 Å². The Kier molecular flexibility index (Phi) is 2.43. The highest BCUT2D eigenvalue weighted by Crippen LogP contribution is 2.55. The van der Waals surface area contributed by atoms with Crippen LogP contribution in [-0.2, 0) is 4.79 Å². The van der Waals surface area contributed by atoms with E-state index >= 15 is 0 Å². The van der Waals surface area contributed by atoms with Crippen molar-refractivity contribution in [3.05, 3.63) is 24.3 Å². The summed E-state index contributed by atoms with van der Waals surface area (Å²) < 4.78 is 0. The summed E-state index contributed by atoms with van der Waals surface area (Å²) in [4.78, 5) is 11.5. The zero-order valence-electron chi connectivity index (χ0n) is 8.65. The van der Waals surface area contributed by atoms with Gasteiger partial charge in [0.1, 0.15) is 0 Å². The standard InChI is InChI=1S/C12H16O3/c13-9-11-5-1-3-7-12(11,10(14)15)8-4-2-6-11/h1-4,13H,5-9H2,(H,14,15). The molecule has 0 aliphatic heterocycles. The Morgan fingerprint density at radius 1 is 1.07 bits per heavy atom. The first-order chi connectivity index (χ1) is 7.17. The molecule has 2 aliphatic carbocycles. The molecule has 0 spiro atoms. The summed E-state index contributed by atoms with van der Waals surface area (Å²) in [7, 11) is 0. The Balaban J connectivity index is 2.49. The van der Waals surface area contributed by atoms with E-state index in [-0.39, 0.29) is 6.61 Å². The van der Waals surface area contributed by atoms with Gasteiger partial charge in [-0.3, -0.25) is 4.79 Å². The smallest absolute Gasteiger partial charge is 0.310 e. The minimum Gasteiger partial charge on any atom is -0.481 e. The lowest BCUT2D eigenvalue weighted by Gasteiger charge is -2.49. The first-order valence-corrected chi connectivity index (χ1v) is 5.31. The molecular formula is C12H16O3. The van der Waals surface area contributed by atoms with Gasteiger partial charge in [0.2, 0.25) is 0 Å². The summed E-state index contributed by atoms with van der Waals surface area (Å²) in [5.74, 6) is -0.773. The molecular weight excluding hydrogens is 192 g/mol. The molecule has 0 radical (unpaired) electrons. The number of carbonyl (C=O) groups is 1. The predicted octanol–water partition coefficient (Wildman–Crippen LogP) is 1.74. The maximum absolute atomic E-state index is 11.5. The van der Waals surface area contributed by atoms with E-state index in [2.05, 4.69) is 0 Å². The molecule has 0 atom stereocenters. The minimum atomic E-state index is -0.786. The molecule has 0 heterocycles. The highest BCUT2D eigenvalue weighted by Gasteiger charge is 2.56. The van der Waals surface area contributed by atoms with E-state index in [4.69, 9.17) is 0 Å². The Morgan fingerprint density at radius 2 is 1.53 bits per heavy atom. The second-order valence-corrected chi connectivity index (χ2v) is 4.59. The van der Waals surface area contributed by atoms with Crippen LogP contribution < -0.4 is 0 Å². The molecule has 0 saturated carbocycles. The average Bonchev–Trinajstić information content (AvgIpc) is 2.28. The van der Waals surface area contributed by atoms with Crippen LogP contribution in [0.2, 0.25) is 0 Å². The molecule has 82 valence electrons. The lowest BCUT2D eigenvalue weighted by Crippen LogP contribution is -2.51. The highest BCUT2D eigenvalue weighted by molar-refractivity contribution is 5.77. The van der Waals surface area contributed by atoms with Crippen molar-refractivity contribution in [1.82, 2.24) is 0 Å². The summed E-state index contributed by atoms with van der Waals surface area (Å²) in [6, 6.07) is 0. The second-order valence-electron chi connectivity index (χ2n) is 4.59. The number of fused-ring (bicyclic) bond motifs is 1.